The summed E-state index contributed by atoms with van der Waals surface area (Å²) in [6.45, 7) is 3.23. The number of piperidine rings is 1. The van der Waals surface area contributed by atoms with E-state index in [2.05, 4.69) is 47.5 Å². The summed E-state index contributed by atoms with van der Waals surface area (Å²) in [5.41, 5.74) is 5.08. The fourth-order valence-electron chi connectivity index (χ4n) is 5.40. The van der Waals surface area contributed by atoms with Crippen molar-refractivity contribution in [3.8, 4) is 0 Å². The molecule has 1 atom stereocenters. The molecule has 1 aliphatic carbocycles. The highest BCUT2D eigenvalue weighted by atomic mass is 16.1. The zero-order chi connectivity index (χ0) is 23.6. The number of carbonyl (C=O) groups excluding carboxylic acids is 1. The molecule has 180 valence electrons. The fourth-order valence-corrected chi connectivity index (χ4v) is 5.40. The van der Waals surface area contributed by atoms with Gasteiger partial charge < -0.3 is 15.2 Å². The molecule has 6 rings (SSSR count). The van der Waals surface area contributed by atoms with E-state index in [1.807, 2.05) is 24.4 Å². The van der Waals surface area contributed by atoms with Gasteiger partial charge in [-0.1, -0.05) is 12.5 Å². The lowest BCUT2D eigenvalue weighted by atomic mass is 9.84. The van der Waals surface area contributed by atoms with Crippen LogP contribution >= 0.6 is 0 Å². The van der Waals surface area contributed by atoms with Crippen molar-refractivity contribution in [3.63, 3.8) is 0 Å². The van der Waals surface area contributed by atoms with Gasteiger partial charge in [-0.15, -0.1) is 0 Å². The molecule has 0 saturated carbocycles. The zero-order valence-electron chi connectivity index (χ0n) is 19.9. The highest BCUT2D eigenvalue weighted by Crippen LogP contribution is 2.34. The van der Waals surface area contributed by atoms with Crippen LogP contribution in [0, 0.1) is 5.92 Å². The number of hydrogen-bond donors (Lipinski definition) is 3. The monoisotopic (exact) mass is 469 g/mol. The number of nitrogens with zero attached hydrogens (tertiary/aromatic N) is 4. The van der Waals surface area contributed by atoms with Crippen LogP contribution in [-0.2, 0) is 4.79 Å². The lowest BCUT2D eigenvalue weighted by Gasteiger charge is -2.27. The number of rotatable bonds is 7. The fraction of sp³-hybridized carbons (Fsp3) is 0.407. The van der Waals surface area contributed by atoms with Crippen LogP contribution in [0.3, 0.4) is 0 Å². The maximum atomic E-state index is 12.8. The molecule has 3 N–H and O–H groups in total. The van der Waals surface area contributed by atoms with E-state index in [0.717, 1.165) is 78.0 Å². The van der Waals surface area contributed by atoms with Gasteiger partial charge in [0.15, 0.2) is 0 Å². The molecule has 2 aliphatic rings. The zero-order valence-corrected chi connectivity index (χ0v) is 19.9. The number of anilines is 2. The Hall–Kier alpha value is -3.52. The van der Waals surface area contributed by atoms with Crippen LogP contribution in [0.15, 0.2) is 42.9 Å². The second-order valence-corrected chi connectivity index (χ2v) is 9.78. The number of benzene rings is 1. The van der Waals surface area contributed by atoms with Crippen molar-refractivity contribution < 1.29 is 4.79 Å². The van der Waals surface area contributed by atoms with Gasteiger partial charge in [0, 0.05) is 35.7 Å². The van der Waals surface area contributed by atoms with Crippen molar-refractivity contribution in [2.45, 2.75) is 44.9 Å². The first-order valence-electron chi connectivity index (χ1n) is 12.7. The minimum absolute atomic E-state index is 0.155. The van der Waals surface area contributed by atoms with Crippen molar-refractivity contribution in [1.29, 1.82) is 0 Å². The number of aromatic amines is 2. The van der Waals surface area contributed by atoms with Gasteiger partial charge in [0.25, 0.3) is 0 Å². The Morgan fingerprint density at radius 3 is 2.91 bits per heavy atom. The Morgan fingerprint density at radius 1 is 1.14 bits per heavy atom. The van der Waals surface area contributed by atoms with Crippen LogP contribution in [0.2, 0.25) is 0 Å². The Morgan fingerprint density at radius 2 is 2.06 bits per heavy atom. The smallest absolute Gasteiger partial charge is 0.143 e. The third-order valence-electron chi connectivity index (χ3n) is 7.46. The summed E-state index contributed by atoms with van der Waals surface area (Å²) in [4.78, 5) is 27.7. The Labute approximate surface area is 204 Å². The second kappa shape index (κ2) is 9.62. The van der Waals surface area contributed by atoms with Gasteiger partial charge >= 0.3 is 0 Å². The first-order valence-corrected chi connectivity index (χ1v) is 12.7. The molecule has 3 aromatic heterocycles. The van der Waals surface area contributed by atoms with Crippen LogP contribution in [0.25, 0.3) is 27.5 Å². The standard InChI is InChI=1S/C27H31N7O/c35-25(10-13-34-11-2-1-3-12-34)19-6-4-18(5-7-19)24-15-22-26(28-17-29-27(22)32-24)31-21-8-9-23-20(14-21)16-30-33-23/h4,8-9,14-17,19H,1-3,5-7,10-13H2,(H,30,33)(H2,28,29,31,32). The van der Waals surface area contributed by atoms with Crippen molar-refractivity contribution in [2.75, 3.05) is 25.0 Å². The topological polar surface area (TPSA) is 103 Å². The number of H-pyrrole nitrogens is 2. The van der Waals surface area contributed by atoms with Gasteiger partial charge in [0.2, 0.25) is 0 Å². The maximum Gasteiger partial charge on any atom is 0.143 e. The van der Waals surface area contributed by atoms with Crippen molar-refractivity contribution >= 4 is 44.8 Å². The highest BCUT2D eigenvalue weighted by Gasteiger charge is 2.23. The highest BCUT2D eigenvalue weighted by molar-refractivity contribution is 5.93. The third-order valence-corrected chi connectivity index (χ3v) is 7.46. The number of allylic oxidation sites excluding steroid dienone is 2. The predicted octanol–water partition coefficient (Wildman–Crippen LogP) is 5.21. The molecule has 8 nitrogen and oxygen atoms in total. The van der Waals surface area contributed by atoms with Gasteiger partial charge in [-0.05, 0) is 75.0 Å². The number of likely N-dealkylation sites (tertiary alicyclic amines) is 1. The minimum atomic E-state index is 0.155. The molecule has 0 spiro atoms. The molecule has 35 heavy (non-hydrogen) atoms. The predicted molar refractivity (Wildman–Crippen MR) is 138 cm³/mol. The van der Waals surface area contributed by atoms with E-state index in [9.17, 15) is 4.79 Å². The van der Waals surface area contributed by atoms with Gasteiger partial charge in [-0.25, -0.2) is 9.97 Å². The SMILES string of the molecule is O=C(CCN1CCCCC1)C1CC=C(c2cc3c(Nc4ccc5[nH]ncc5c4)ncnc3[nH]2)CC1. The minimum Gasteiger partial charge on any atom is -0.340 e. The molecule has 4 aromatic rings. The van der Waals surface area contributed by atoms with Crippen LogP contribution in [0.5, 0.6) is 0 Å². The summed E-state index contributed by atoms with van der Waals surface area (Å²) in [7, 11) is 0. The molecule has 0 amide bonds. The van der Waals surface area contributed by atoms with Crippen molar-refractivity contribution in [1.82, 2.24) is 30.0 Å². The van der Waals surface area contributed by atoms with E-state index < -0.39 is 0 Å². The summed E-state index contributed by atoms with van der Waals surface area (Å²) in [6.07, 6.45) is 12.8. The van der Waals surface area contributed by atoms with E-state index in [1.54, 1.807) is 6.33 Å². The van der Waals surface area contributed by atoms with Gasteiger partial charge in [0.1, 0.15) is 23.6 Å². The van der Waals surface area contributed by atoms with Crippen LogP contribution in [0.4, 0.5) is 11.5 Å². The largest absolute Gasteiger partial charge is 0.340 e. The molecule has 1 aliphatic heterocycles. The number of aromatic nitrogens is 5. The Balaban J connectivity index is 1.14. The second-order valence-electron chi connectivity index (χ2n) is 9.78. The van der Waals surface area contributed by atoms with Crippen LogP contribution < -0.4 is 5.32 Å². The van der Waals surface area contributed by atoms with Gasteiger partial charge in [-0.3, -0.25) is 9.89 Å². The number of ketones is 1. The third kappa shape index (κ3) is 4.71. The van der Waals surface area contributed by atoms with Gasteiger partial charge in [-0.2, -0.15) is 5.10 Å². The number of Topliss-reactive ketones (excluding diaryl/α,β-unsaturated/α-hetero) is 1. The number of nitrogens with one attached hydrogen (secondary N) is 3. The summed E-state index contributed by atoms with van der Waals surface area (Å²) in [5.74, 6) is 1.35. The maximum absolute atomic E-state index is 12.8. The van der Waals surface area contributed by atoms with E-state index >= 15 is 0 Å². The number of carbonyl (C=O) groups is 1. The molecule has 1 unspecified atom stereocenters. The van der Waals surface area contributed by atoms with Crippen LogP contribution in [-0.4, -0.2) is 55.5 Å². The molecule has 8 heteroatoms. The average Bonchev–Trinajstić information content (AvgIpc) is 3.55. The normalized spacial score (nSPS) is 19.2. The molecule has 0 bridgehead atoms. The summed E-state index contributed by atoms with van der Waals surface area (Å²) in [6, 6.07) is 8.18. The summed E-state index contributed by atoms with van der Waals surface area (Å²) in [5, 5.41) is 12.5. The molecular weight excluding hydrogens is 438 g/mol. The number of fused-ring (bicyclic) bond motifs is 2. The molecule has 4 heterocycles. The summed E-state index contributed by atoms with van der Waals surface area (Å²) >= 11 is 0. The molecular formula is C27H31N7O. The first-order chi connectivity index (χ1) is 17.2. The molecule has 0 radical (unpaired) electrons. The quantitative estimate of drug-likeness (QED) is 0.344. The van der Waals surface area contributed by atoms with Crippen LogP contribution in [0.1, 0.15) is 50.6 Å². The van der Waals surface area contributed by atoms with E-state index in [1.165, 1.54) is 24.8 Å². The molecule has 1 fully saturated rings. The summed E-state index contributed by atoms with van der Waals surface area (Å²) < 4.78 is 0. The lowest BCUT2D eigenvalue weighted by molar-refractivity contribution is -0.123. The van der Waals surface area contributed by atoms with E-state index in [0.29, 0.717) is 12.2 Å². The van der Waals surface area contributed by atoms with Crippen molar-refractivity contribution in [3.05, 3.63) is 48.6 Å². The lowest BCUT2D eigenvalue weighted by Crippen LogP contribution is -2.32. The van der Waals surface area contributed by atoms with Gasteiger partial charge in [0.05, 0.1) is 17.1 Å². The van der Waals surface area contributed by atoms with E-state index in [-0.39, 0.29) is 5.92 Å². The number of hydrogen-bond acceptors (Lipinski definition) is 6. The van der Waals surface area contributed by atoms with E-state index in [4.69, 9.17) is 0 Å². The molecule has 1 aromatic carbocycles. The Kier molecular flexibility index (Phi) is 6.04. The average molecular weight is 470 g/mol. The Bertz CT molecular complexity index is 1380. The first kappa shape index (κ1) is 22.0. The van der Waals surface area contributed by atoms with Crippen molar-refractivity contribution in [2.24, 2.45) is 5.92 Å². The molecule has 1 saturated heterocycles.